The molecule has 1 aromatic heterocycles. The molecule has 2 rings (SSSR count). The number of H-pyrrole nitrogens is 1. The zero-order valence-corrected chi connectivity index (χ0v) is 13.2. The van der Waals surface area contributed by atoms with E-state index in [4.69, 9.17) is 4.74 Å². The molecule has 0 spiro atoms. The van der Waals surface area contributed by atoms with E-state index in [1.54, 1.807) is 19.1 Å². The maximum absolute atomic E-state index is 12.6. The second-order valence-electron chi connectivity index (χ2n) is 5.29. The molecule has 5 heteroatoms. The number of aryl methyl sites for hydroxylation is 3. The van der Waals surface area contributed by atoms with E-state index in [9.17, 15) is 4.79 Å². The topological polar surface area (TPSA) is 58.2 Å². The summed E-state index contributed by atoms with van der Waals surface area (Å²) in [7, 11) is 3.43. The minimum Gasteiger partial charge on any atom is -0.496 e. The van der Waals surface area contributed by atoms with E-state index < -0.39 is 0 Å². The number of nitrogens with zero attached hydrogens (tertiary/aromatic N) is 2. The lowest BCUT2D eigenvalue weighted by atomic mass is 10.1. The average Bonchev–Trinajstić information content (AvgIpc) is 2.77. The predicted molar refractivity (Wildman–Crippen MR) is 81.6 cm³/mol. The highest BCUT2D eigenvalue weighted by Crippen LogP contribution is 2.22. The van der Waals surface area contributed by atoms with Gasteiger partial charge in [0.15, 0.2) is 0 Å². The molecule has 112 valence electrons. The summed E-state index contributed by atoms with van der Waals surface area (Å²) in [6.07, 6.45) is 0. The number of nitrogens with one attached hydrogen (secondary N) is 1. The van der Waals surface area contributed by atoms with Crippen molar-refractivity contribution in [3.63, 3.8) is 0 Å². The lowest BCUT2D eigenvalue weighted by Gasteiger charge is -2.19. The molecule has 1 heterocycles. The van der Waals surface area contributed by atoms with E-state index in [-0.39, 0.29) is 5.91 Å². The molecule has 1 N–H and O–H groups in total. The van der Waals surface area contributed by atoms with E-state index in [0.717, 1.165) is 28.3 Å². The van der Waals surface area contributed by atoms with Crippen LogP contribution in [0.25, 0.3) is 0 Å². The van der Waals surface area contributed by atoms with E-state index >= 15 is 0 Å². The summed E-state index contributed by atoms with van der Waals surface area (Å²) in [6.45, 7) is 6.20. The van der Waals surface area contributed by atoms with E-state index in [1.165, 1.54) is 0 Å². The zero-order chi connectivity index (χ0) is 15.6. The zero-order valence-electron chi connectivity index (χ0n) is 13.2. The van der Waals surface area contributed by atoms with Gasteiger partial charge in [-0.2, -0.15) is 5.10 Å². The number of carbonyl (C=O) groups is 1. The van der Waals surface area contributed by atoms with Gasteiger partial charge in [0.05, 0.1) is 18.4 Å². The second kappa shape index (κ2) is 5.99. The molecule has 1 amide bonds. The lowest BCUT2D eigenvalue weighted by Crippen LogP contribution is -2.27. The van der Waals surface area contributed by atoms with Crippen LogP contribution in [0.4, 0.5) is 0 Å². The highest BCUT2D eigenvalue weighted by atomic mass is 16.5. The van der Waals surface area contributed by atoms with Gasteiger partial charge in [0, 0.05) is 24.8 Å². The fourth-order valence-corrected chi connectivity index (χ4v) is 2.42. The van der Waals surface area contributed by atoms with Crippen LogP contribution in [0, 0.1) is 20.8 Å². The number of hydrogen-bond acceptors (Lipinski definition) is 3. The number of amides is 1. The SMILES string of the molecule is COc1ccc(C)cc1CN(C)C(=O)c1c(C)n[nH]c1C. The Kier molecular flexibility index (Phi) is 4.31. The van der Waals surface area contributed by atoms with E-state index in [2.05, 4.69) is 10.2 Å². The van der Waals surface area contributed by atoms with Crippen molar-refractivity contribution in [2.75, 3.05) is 14.2 Å². The quantitative estimate of drug-likeness (QED) is 0.940. The number of aromatic nitrogens is 2. The maximum Gasteiger partial charge on any atom is 0.257 e. The normalized spacial score (nSPS) is 10.5. The van der Waals surface area contributed by atoms with Crippen molar-refractivity contribution in [3.8, 4) is 5.75 Å². The number of carbonyl (C=O) groups excluding carboxylic acids is 1. The molecular weight excluding hydrogens is 266 g/mol. The van der Waals surface area contributed by atoms with Crippen LogP contribution in [0.1, 0.15) is 32.9 Å². The first-order chi connectivity index (χ1) is 9.93. The van der Waals surface area contributed by atoms with Crippen LogP contribution in [-0.4, -0.2) is 35.2 Å². The largest absolute Gasteiger partial charge is 0.496 e. The minimum atomic E-state index is -0.0395. The highest BCUT2D eigenvalue weighted by molar-refractivity contribution is 5.96. The summed E-state index contributed by atoms with van der Waals surface area (Å²) in [5.41, 5.74) is 4.29. The van der Waals surface area contributed by atoms with Crippen molar-refractivity contribution < 1.29 is 9.53 Å². The van der Waals surface area contributed by atoms with Gasteiger partial charge < -0.3 is 9.64 Å². The molecule has 0 aliphatic carbocycles. The van der Waals surface area contributed by atoms with Crippen molar-refractivity contribution in [1.82, 2.24) is 15.1 Å². The molecule has 0 fully saturated rings. The molecule has 0 unspecified atom stereocenters. The van der Waals surface area contributed by atoms with Gasteiger partial charge in [-0.25, -0.2) is 0 Å². The third-order valence-electron chi connectivity index (χ3n) is 3.53. The van der Waals surface area contributed by atoms with Crippen LogP contribution in [0.15, 0.2) is 18.2 Å². The van der Waals surface area contributed by atoms with Crippen LogP contribution in [-0.2, 0) is 6.54 Å². The summed E-state index contributed by atoms with van der Waals surface area (Å²) in [5.74, 6) is 0.753. The van der Waals surface area contributed by atoms with Gasteiger partial charge in [0.2, 0.25) is 0 Å². The summed E-state index contributed by atoms with van der Waals surface area (Å²) in [5, 5.41) is 6.92. The first-order valence-electron chi connectivity index (χ1n) is 6.84. The maximum atomic E-state index is 12.6. The van der Waals surface area contributed by atoms with Crippen molar-refractivity contribution in [3.05, 3.63) is 46.3 Å². The summed E-state index contributed by atoms with van der Waals surface area (Å²) >= 11 is 0. The number of benzene rings is 1. The smallest absolute Gasteiger partial charge is 0.257 e. The Morgan fingerprint density at radius 2 is 2.05 bits per heavy atom. The highest BCUT2D eigenvalue weighted by Gasteiger charge is 2.20. The van der Waals surface area contributed by atoms with Gasteiger partial charge in [0.1, 0.15) is 5.75 Å². The molecule has 0 bridgehead atoms. The molecule has 0 radical (unpaired) electrons. The van der Waals surface area contributed by atoms with Gasteiger partial charge in [-0.3, -0.25) is 9.89 Å². The fourth-order valence-electron chi connectivity index (χ4n) is 2.42. The molecule has 0 atom stereocenters. The predicted octanol–water partition coefficient (Wildman–Crippen LogP) is 2.62. The Bertz CT molecular complexity index is 642. The molecular formula is C16H21N3O2. The van der Waals surface area contributed by atoms with Crippen molar-refractivity contribution >= 4 is 5.91 Å². The third kappa shape index (κ3) is 3.07. The average molecular weight is 287 g/mol. The Labute approximate surface area is 124 Å². The molecule has 0 saturated heterocycles. The van der Waals surface area contributed by atoms with Crippen LogP contribution in [0.5, 0.6) is 5.75 Å². The standard InChI is InChI=1S/C16H21N3O2/c1-10-6-7-14(21-5)13(8-10)9-19(4)16(20)15-11(2)17-18-12(15)3/h6-8H,9H2,1-5H3,(H,17,18). The minimum absolute atomic E-state index is 0.0395. The Hall–Kier alpha value is -2.30. The van der Waals surface area contributed by atoms with Crippen LogP contribution >= 0.6 is 0 Å². The number of ether oxygens (including phenoxy) is 1. The Balaban J connectivity index is 2.24. The van der Waals surface area contributed by atoms with Crippen molar-refractivity contribution in [2.24, 2.45) is 0 Å². The number of methoxy groups -OCH3 is 1. The van der Waals surface area contributed by atoms with Crippen LogP contribution in [0.2, 0.25) is 0 Å². The number of aromatic amines is 1. The molecule has 0 aliphatic heterocycles. The monoisotopic (exact) mass is 287 g/mol. The van der Waals surface area contributed by atoms with Crippen molar-refractivity contribution in [1.29, 1.82) is 0 Å². The Morgan fingerprint density at radius 3 is 2.62 bits per heavy atom. The van der Waals surface area contributed by atoms with Gasteiger partial charge >= 0.3 is 0 Å². The number of rotatable bonds is 4. The first-order valence-corrected chi connectivity index (χ1v) is 6.84. The van der Waals surface area contributed by atoms with E-state index in [1.807, 2.05) is 39.0 Å². The first kappa shape index (κ1) is 15.1. The van der Waals surface area contributed by atoms with E-state index in [0.29, 0.717) is 12.1 Å². The van der Waals surface area contributed by atoms with Crippen molar-refractivity contribution in [2.45, 2.75) is 27.3 Å². The third-order valence-corrected chi connectivity index (χ3v) is 3.53. The summed E-state index contributed by atoms with van der Waals surface area (Å²) in [4.78, 5) is 14.2. The molecule has 2 aromatic rings. The fraction of sp³-hybridized carbons (Fsp3) is 0.375. The van der Waals surface area contributed by atoms with Crippen LogP contribution in [0.3, 0.4) is 0 Å². The summed E-state index contributed by atoms with van der Waals surface area (Å²) < 4.78 is 5.36. The Morgan fingerprint density at radius 1 is 1.33 bits per heavy atom. The molecule has 5 nitrogen and oxygen atoms in total. The molecule has 1 aromatic carbocycles. The lowest BCUT2D eigenvalue weighted by molar-refractivity contribution is 0.0783. The molecule has 21 heavy (non-hydrogen) atoms. The van der Waals surface area contributed by atoms with Gasteiger partial charge in [-0.15, -0.1) is 0 Å². The number of hydrogen-bond donors (Lipinski definition) is 1. The molecule has 0 saturated carbocycles. The van der Waals surface area contributed by atoms with Gasteiger partial charge in [-0.05, 0) is 26.8 Å². The molecule has 0 aliphatic rings. The second-order valence-corrected chi connectivity index (χ2v) is 5.29. The van der Waals surface area contributed by atoms with Crippen LogP contribution < -0.4 is 4.74 Å². The van der Waals surface area contributed by atoms with Gasteiger partial charge in [-0.1, -0.05) is 17.7 Å². The van der Waals surface area contributed by atoms with Gasteiger partial charge in [0.25, 0.3) is 5.91 Å². The summed E-state index contributed by atoms with van der Waals surface area (Å²) in [6, 6.07) is 5.96.